The lowest BCUT2D eigenvalue weighted by atomic mass is 9.87. The van der Waals surface area contributed by atoms with Crippen LogP contribution in [0.3, 0.4) is 0 Å². The van der Waals surface area contributed by atoms with E-state index in [4.69, 9.17) is 22.4 Å². The van der Waals surface area contributed by atoms with Gasteiger partial charge in [-0.05, 0) is 70.6 Å². The Labute approximate surface area is 228 Å². The summed E-state index contributed by atoms with van der Waals surface area (Å²) in [5.74, 6) is 0.0524. The van der Waals surface area contributed by atoms with Gasteiger partial charge >= 0.3 is 0 Å². The SMILES string of the molecule is Cc1nn(-c2ccc(C(N)=O)c(NC3CCN(S(=O)(=O)CCl)CC3)c2)c2c1C(=O)N(CC1CC1)C(C)(C)C2. The average Bonchev–Trinajstić information content (AvgIpc) is 3.63. The van der Waals surface area contributed by atoms with Gasteiger partial charge in [0.15, 0.2) is 0 Å². The van der Waals surface area contributed by atoms with Crippen molar-refractivity contribution in [2.24, 2.45) is 11.7 Å². The molecule has 2 aromatic rings. The van der Waals surface area contributed by atoms with Crippen LogP contribution >= 0.6 is 11.6 Å². The van der Waals surface area contributed by atoms with Gasteiger partial charge in [0, 0.05) is 43.3 Å². The molecule has 0 bridgehead atoms. The maximum absolute atomic E-state index is 13.6. The number of carbonyl (C=O) groups is 2. The highest BCUT2D eigenvalue weighted by Crippen LogP contribution is 2.38. The Balaban J connectivity index is 1.44. The quantitative estimate of drug-likeness (QED) is 0.476. The van der Waals surface area contributed by atoms with E-state index in [-0.39, 0.29) is 17.5 Å². The molecule has 2 fully saturated rings. The van der Waals surface area contributed by atoms with Crippen molar-refractivity contribution in [2.45, 2.75) is 64.5 Å². The molecule has 1 aliphatic carbocycles. The second-order valence-electron chi connectivity index (χ2n) is 11.3. The maximum atomic E-state index is 13.6. The summed E-state index contributed by atoms with van der Waals surface area (Å²) in [5, 5.41) is 7.72. The number of hydrogen-bond acceptors (Lipinski definition) is 6. The molecule has 2 amide bonds. The van der Waals surface area contributed by atoms with E-state index in [0.29, 0.717) is 60.8 Å². The fourth-order valence-corrected chi connectivity index (χ4v) is 6.92. The number of benzene rings is 1. The number of piperidine rings is 1. The molecule has 1 saturated heterocycles. The van der Waals surface area contributed by atoms with Gasteiger partial charge in [-0.25, -0.2) is 17.4 Å². The highest BCUT2D eigenvalue weighted by atomic mass is 35.5. The summed E-state index contributed by atoms with van der Waals surface area (Å²) in [4.78, 5) is 27.8. The van der Waals surface area contributed by atoms with Crippen LogP contribution in [-0.4, -0.2) is 75.6 Å². The lowest BCUT2D eigenvalue weighted by molar-refractivity contribution is 0.0487. The van der Waals surface area contributed by atoms with E-state index >= 15 is 0 Å². The average molecular weight is 563 g/mol. The number of fused-ring (bicyclic) bond motifs is 1. The molecular weight excluding hydrogens is 528 g/mol. The van der Waals surface area contributed by atoms with E-state index in [1.54, 1.807) is 12.1 Å². The number of nitrogens with zero attached hydrogens (tertiary/aromatic N) is 4. The van der Waals surface area contributed by atoms with Crippen molar-refractivity contribution < 1.29 is 18.0 Å². The standard InChI is InChI=1S/C26H35ClN6O4S/c1-16-23-22(13-26(2,3)32(25(23)35)14-17-4-5-17)33(30-16)19-6-7-20(24(28)34)21(12-19)29-18-8-10-31(11-9-18)38(36,37)15-27/h6-7,12,17-18,29H,4-5,8-11,13-15H2,1-3H3,(H2,28,34). The van der Waals surface area contributed by atoms with Crippen LogP contribution in [0.15, 0.2) is 18.2 Å². The molecule has 1 aromatic carbocycles. The molecule has 1 saturated carbocycles. The predicted octanol–water partition coefficient (Wildman–Crippen LogP) is 2.87. The predicted molar refractivity (Wildman–Crippen MR) is 146 cm³/mol. The van der Waals surface area contributed by atoms with Crippen LogP contribution in [0.25, 0.3) is 5.69 Å². The minimum absolute atomic E-state index is 0.0256. The summed E-state index contributed by atoms with van der Waals surface area (Å²) in [6.45, 7) is 7.53. The number of rotatable bonds is 8. The summed E-state index contributed by atoms with van der Waals surface area (Å²) in [6, 6.07) is 5.26. The molecule has 0 unspecified atom stereocenters. The smallest absolute Gasteiger partial charge is 0.258 e. The highest BCUT2D eigenvalue weighted by Gasteiger charge is 2.43. The van der Waals surface area contributed by atoms with Crippen molar-refractivity contribution in [2.75, 3.05) is 30.2 Å². The van der Waals surface area contributed by atoms with E-state index < -0.39 is 21.1 Å². The number of anilines is 1. The Morgan fingerprint density at radius 1 is 1.21 bits per heavy atom. The second-order valence-corrected chi connectivity index (χ2v) is 13.9. The van der Waals surface area contributed by atoms with Gasteiger partial charge in [-0.1, -0.05) is 0 Å². The molecule has 206 valence electrons. The van der Waals surface area contributed by atoms with Crippen molar-refractivity contribution in [3.05, 3.63) is 40.7 Å². The molecule has 3 N–H and O–H groups in total. The molecule has 0 atom stereocenters. The Kier molecular flexibility index (Phi) is 6.98. The molecular formula is C26H35ClN6O4S. The van der Waals surface area contributed by atoms with Crippen LogP contribution in [-0.2, 0) is 16.4 Å². The van der Waals surface area contributed by atoms with Crippen LogP contribution in [0.2, 0.25) is 0 Å². The number of sulfonamides is 1. The van der Waals surface area contributed by atoms with E-state index in [2.05, 4.69) is 19.2 Å². The number of alkyl halides is 1. The normalized spacial score (nSPS) is 20.4. The number of aryl methyl sites for hydroxylation is 1. The molecule has 10 nitrogen and oxygen atoms in total. The lowest BCUT2D eigenvalue weighted by Crippen LogP contribution is -2.53. The summed E-state index contributed by atoms with van der Waals surface area (Å²) in [7, 11) is -3.46. The van der Waals surface area contributed by atoms with Gasteiger partial charge in [-0.2, -0.15) is 5.10 Å². The van der Waals surface area contributed by atoms with E-state index in [1.807, 2.05) is 22.6 Å². The second kappa shape index (κ2) is 9.84. The van der Waals surface area contributed by atoms with Crippen LogP contribution in [0.5, 0.6) is 0 Å². The first kappa shape index (κ1) is 27.0. The fourth-order valence-electron chi connectivity index (χ4n) is 5.60. The van der Waals surface area contributed by atoms with Crippen molar-refractivity contribution >= 4 is 39.1 Å². The van der Waals surface area contributed by atoms with Gasteiger partial charge < -0.3 is 16.0 Å². The Morgan fingerprint density at radius 2 is 1.89 bits per heavy atom. The van der Waals surface area contributed by atoms with Gasteiger partial charge in [-0.3, -0.25) is 9.59 Å². The van der Waals surface area contributed by atoms with Crippen molar-refractivity contribution in [3.63, 3.8) is 0 Å². The van der Waals surface area contributed by atoms with Gasteiger partial charge in [-0.15, -0.1) is 11.6 Å². The number of hydrogen-bond donors (Lipinski definition) is 2. The van der Waals surface area contributed by atoms with Crippen LogP contribution in [0.1, 0.15) is 71.6 Å². The topological polar surface area (TPSA) is 131 Å². The summed E-state index contributed by atoms with van der Waals surface area (Å²) in [5.41, 5.74) is 9.17. The fraction of sp³-hybridized carbons (Fsp3) is 0.577. The number of halogens is 1. The molecule has 1 aromatic heterocycles. The van der Waals surface area contributed by atoms with Crippen molar-refractivity contribution in [1.82, 2.24) is 19.0 Å². The van der Waals surface area contributed by atoms with Gasteiger partial charge in [0.1, 0.15) is 5.21 Å². The largest absolute Gasteiger partial charge is 0.382 e. The molecule has 2 aliphatic heterocycles. The van der Waals surface area contributed by atoms with Crippen LogP contribution in [0.4, 0.5) is 5.69 Å². The number of nitrogens with two attached hydrogens (primary N) is 1. The minimum Gasteiger partial charge on any atom is -0.382 e. The van der Waals surface area contributed by atoms with Crippen molar-refractivity contribution in [3.8, 4) is 5.69 Å². The first-order valence-electron chi connectivity index (χ1n) is 13.1. The van der Waals surface area contributed by atoms with Gasteiger partial charge in [0.25, 0.3) is 11.8 Å². The maximum Gasteiger partial charge on any atom is 0.258 e. The number of carbonyl (C=O) groups excluding carboxylic acids is 2. The molecule has 12 heteroatoms. The van der Waals surface area contributed by atoms with E-state index in [9.17, 15) is 18.0 Å². The molecule has 0 radical (unpaired) electrons. The van der Waals surface area contributed by atoms with Gasteiger partial charge in [0.05, 0.1) is 28.2 Å². The third-order valence-corrected chi connectivity index (χ3v) is 10.2. The first-order valence-corrected chi connectivity index (χ1v) is 15.2. The van der Waals surface area contributed by atoms with Crippen LogP contribution in [0, 0.1) is 12.8 Å². The first-order chi connectivity index (χ1) is 17.9. The van der Waals surface area contributed by atoms with Crippen molar-refractivity contribution in [1.29, 1.82) is 0 Å². The van der Waals surface area contributed by atoms with E-state index in [0.717, 1.165) is 17.9 Å². The Hall–Kier alpha value is -2.63. The third kappa shape index (κ3) is 5.03. The number of primary amides is 1. The molecule has 3 heterocycles. The number of aromatic nitrogens is 2. The zero-order chi connectivity index (χ0) is 27.4. The minimum atomic E-state index is -3.46. The molecule has 0 spiro atoms. The zero-order valence-corrected chi connectivity index (χ0v) is 23.6. The Morgan fingerprint density at radius 3 is 2.50 bits per heavy atom. The third-order valence-electron chi connectivity index (χ3n) is 7.94. The molecule has 5 rings (SSSR count). The summed E-state index contributed by atoms with van der Waals surface area (Å²) < 4.78 is 27.4. The van der Waals surface area contributed by atoms with E-state index in [1.165, 1.54) is 17.1 Å². The van der Waals surface area contributed by atoms with Gasteiger partial charge in [0.2, 0.25) is 10.0 Å². The van der Waals surface area contributed by atoms with Crippen LogP contribution < -0.4 is 11.1 Å². The molecule has 3 aliphatic rings. The number of nitrogens with one attached hydrogen (secondary N) is 1. The number of amides is 2. The lowest BCUT2D eigenvalue weighted by Gasteiger charge is -2.42. The Bertz CT molecular complexity index is 1380. The summed E-state index contributed by atoms with van der Waals surface area (Å²) in [6.07, 6.45) is 4.14. The highest BCUT2D eigenvalue weighted by molar-refractivity contribution is 7.90. The zero-order valence-electron chi connectivity index (χ0n) is 22.0. The molecule has 38 heavy (non-hydrogen) atoms. The summed E-state index contributed by atoms with van der Waals surface area (Å²) >= 11 is 5.61. The monoisotopic (exact) mass is 562 g/mol.